The van der Waals surface area contributed by atoms with Crippen LogP contribution in [0.3, 0.4) is 0 Å². The van der Waals surface area contributed by atoms with Crippen LogP contribution in [0, 0.1) is 11.6 Å². The Labute approximate surface area is 162 Å². The van der Waals surface area contributed by atoms with E-state index in [1.807, 2.05) is 0 Å². The molecule has 1 aromatic carbocycles. The van der Waals surface area contributed by atoms with Crippen molar-refractivity contribution >= 4 is 13.8 Å². The van der Waals surface area contributed by atoms with Gasteiger partial charge in [-0.25, -0.2) is 0 Å². The molecule has 0 N–H and O–H groups in total. The predicted octanol–water partition coefficient (Wildman–Crippen LogP) is 7.99. The van der Waals surface area contributed by atoms with Crippen molar-refractivity contribution < 1.29 is 26.3 Å². The highest BCUT2D eigenvalue weighted by Crippen LogP contribution is 2.41. The monoisotopic (exact) mass is 422 g/mol. The number of benzene rings is 1. The van der Waals surface area contributed by atoms with Crippen LogP contribution in [0.25, 0.3) is 0 Å². The summed E-state index contributed by atoms with van der Waals surface area (Å²) in [6.45, 7) is 12.4. The van der Waals surface area contributed by atoms with Gasteiger partial charge in [-0.2, -0.15) is 26.3 Å². The molecular weight excluding hydrogens is 398 g/mol. The van der Waals surface area contributed by atoms with Gasteiger partial charge in [-0.05, 0) is 34.8 Å². The lowest BCUT2D eigenvalue weighted by atomic mass is 10.1. The van der Waals surface area contributed by atoms with Crippen LogP contribution in [0.2, 0.25) is 16.6 Å². The number of hydrogen-bond donors (Lipinski definition) is 0. The number of rotatable bonds is 4. The van der Waals surface area contributed by atoms with Gasteiger partial charge >= 0.3 is 12.4 Å². The van der Waals surface area contributed by atoms with E-state index in [-0.39, 0.29) is 6.07 Å². The maximum Gasteiger partial charge on any atom is 0.416 e. The zero-order valence-corrected chi connectivity index (χ0v) is 17.6. The summed E-state index contributed by atoms with van der Waals surface area (Å²) in [6.07, 6.45) is -9.85. The Bertz CT molecular complexity index is 713. The Morgan fingerprint density at radius 3 is 1.46 bits per heavy atom. The Hall–Kier alpha value is -1.82. The van der Waals surface area contributed by atoms with Crippen LogP contribution in [0.5, 0.6) is 0 Å². The molecule has 0 aliphatic rings. The summed E-state index contributed by atoms with van der Waals surface area (Å²) < 4.78 is 77.3. The molecule has 0 aliphatic heterocycles. The first-order chi connectivity index (χ1) is 12.6. The normalized spacial score (nSPS) is 13.5. The van der Waals surface area contributed by atoms with Crippen LogP contribution in [0.4, 0.5) is 32.0 Å². The largest absolute Gasteiger partial charge is 0.416 e. The van der Waals surface area contributed by atoms with E-state index in [0.717, 1.165) is 0 Å². The number of halogens is 6. The first-order valence-corrected chi connectivity index (χ1v) is 11.1. The Balaban J connectivity index is 3.36. The summed E-state index contributed by atoms with van der Waals surface area (Å²) in [5.41, 5.74) is 0.692. The van der Waals surface area contributed by atoms with Crippen LogP contribution in [0.15, 0.2) is 28.4 Å². The number of nitrogens with zero attached hydrogens (tertiary/aromatic N) is 2. The fraction of sp³-hybridized carbons (Fsp3) is 0.579. The second-order valence-corrected chi connectivity index (χ2v) is 13.2. The van der Waals surface area contributed by atoms with Gasteiger partial charge in [-0.3, -0.25) is 0 Å². The van der Waals surface area contributed by atoms with E-state index >= 15 is 0 Å². The van der Waals surface area contributed by atoms with Crippen molar-refractivity contribution in [3.63, 3.8) is 0 Å². The van der Waals surface area contributed by atoms with Crippen molar-refractivity contribution in [3.05, 3.63) is 29.3 Å². The first-order valence-electron chi connectivity index (χ1n) is 8.84. The van der Waals surface area contributed by atoms with Crippen molar-refractivity contribution in [3.8, 4) is 11.6 Å². The Morgan fingerprint density at radius 2 is 1.14 bits per heavy atom. The van der Waals surface area contributed by atoms with E-state index in [1.54, 1.807) is 0 Å². The summed E-state index contributed by atoms with van der Waals surface area (Å²) in [5, 5.41) is 7.09. The zero-order valence-electron chi connectivity index (χ0n) is 16.6. The predicted molar refractivity (Wildman–Crippen MR) is 99.8 cm³/mol. The molecule has 0 heterocycles. The van der Waals surface area contributed by atoms with Gasteiger partial charge in [0, 0.05) is 0 Å². The van der Waals surface area contributed by atoms with Gasteiger partial charge in [0.05, 0.1) is 22.9 Å². The fourth-order valence-corrected chi connectivity index (χ4v) is 8.74. The van der Waals surface area contributed by atoms with Crippen molar-refractivity contribution in [2.45, 2.75) is 70.5 Å². The van der Waals surface area contributed by atoms with Crippen LogP contribution >= 0.6 is 0 Å². The molecule has 1 rings (SSSR count). The van der Waals surface area contributed by atoms with E-state index in [9.17, 15) is 26.3 Å². The molecule has 156 valence electrons. The fourth-order valence-electron chi connectivity index (χ4n) is 3.63. The smallest absolute Gasteiger partial charge is 0.166 e. The molecule has 28 heavy (non-hydrogen) atoms. The van der Waals surface area contributed by atoms with Crippen molar-refractivity contribution in [2.75, 3.05) is 0 Å². The molecule has 1 aromatic rings. The van der Waals surface area contributed by atoms with E-state index in [2.05, 4.69) is 63.4 Å². The topological polar surface area (TPSA) is 24.7 Å². The van der Waals surface area contributed by atoms with E-state index in [0.29, 0.717) is 28.8 Å². The maximum absolute atomic E-state index is 12.9. The van der Waals surface area contributed by atoms with Crippen molar-refractivity contribution in [1.29, 1.82) is 0 Å². The average Bonchev–Trinajstić information content (AvgIpc) is 2.51. The van der Waals surface area contributed by atoms with Gasteiger partial charge in [-0.1, -0.05) is 46.7 Å². The molecule has 0 spiro atoms. The molecule has 0 atom stereocenters. The summed E-state index contributed by atoms with van der Waals surface area (Å²) in [4.78, 5) is 0. The molecule has 9 heteroatoms. The maximum atomic E-state index is 12.9. The van der Waals surface area contributed by atoms with Crippen LogP contribution < -0.4 is 0 Å². The number of alkyl halides is 6. The van der Waals surface area contributed by atoms with Gasteiger partial charge < -0.3 is 0 Å². The molecule has 0 saturated carbocycles. The van der Waals surface area contributed by atoms with Gasteiger partial charge in [-0.15, -0.1) is 10.7 Å². The average molecular weight is 422 g/mol. The highest BCUT2D eigenvalue weighted by molar-refractivity contribution is 6.90. The molecule has 0 unspecified atom stereocenters. The zero-order chi connectivity index (χ0) is 21.9. The molecule has 2 nitrogen and oxygen atoms in total. The van der Waals surface area contributed by atoms with Crippen LogP contribution in [0.1, 0.15) is 52.7 Å². The lowest BCUT2D eigenvalue weighted by Crippen LogP contribution is -2.43. The molecule has 0 bridgehead atoms. The summed E-state index contributed by atoms with van der Waals surface area (Å²) in [5.74, 6) is 0. The van der Waals surface area contributed by atoms with E-state index in [4.69, 9.17) is 0 Å². The van der Waals surface area contributed by atoms with Crippen molar-refractivity contribution in [2.24, 2.45) is 10.2 Å². The lowest BCUT2D eigenvalue weighted by molar-refractivity contribution is -0.143. The summed E-state index contributed by atoms with van der Waals surface area (Å²) >= 11 is 0. The minimum Gasteiger partial charge on any atom is -0.166 e. The van der Waals surface area contributed by atoms with Gasteiger partial charge in [0.2, 0.25) is 0 Å². The molecule has 0 fully saturated rings. The molecule has 0 amide bonds. The summed E-state index contributed by atoms with van der Waals surface area (Å²) in [7, 11) is -2.12. The quantitative estimate of drug-likeness (QED) is 0.203. The molecule has 0 aliphatic carbocycles. The first kappa shape index (κ1) is 24.2. The third-order valence-electron chi connectivity index (χ3n) is 4.93. The minimum atomic E-state index is -4.92. The SMILES string of the molecule is CC(C)[Si](C#CN=Nc1cc(C(F)(F)F)cc(C(F)(F)F)c1)(C(C)C)C(C)C. The van der Waals surface area contributed by atoms with Gasteiger partial charge in [0.15, 0.2) is 0 Å². The lowest BCUT2D eigenvalue weighted by Gasteiger charge is -2.37. The second kappa shape index (κ2) is 8.68. The molecular formula is C19H24F6N2Si. The Kier molecular flexibility index (Phi) is 7.51. The standard InChI is InChI=1S/C19H24F6N2Si/c1-12(2)28(13(3)4,14(5)6)8-7-26-27-17-10-15(18(20,21)22)9-16(11-17)19(23,24)25/h9-14H,1-6H3. The van der Waals surface area contributed by atoms with Crippen LogP contribution in [-0.2, 0) is 12.4 Å². The van der Waals surface area contributed by atoms with E-state index < -0.39 is 37.2 Å². The number of hydrogen-bond acceptors (Lipinski definition) is 2. The molecule has 0 saturated heterocycles. The third-order valence-corrected chi connectivity index (χ3v) is 11.2. The van der Waals surface area contributed by atoms with E-state index in [1.165, 1.54) is 0 Å². The number of azo groups is 1. The van der Waals surface area contributed by atoms with Crippen LogP contribution in [-0.4, -0.2) is 8.07 Å². The second-order valence-electron chi connectivity index (χ2n) is 7.60. The van der Waals surface area contributed by atoms with Gasteiger partial charge in [0.25, 0.3) is 0 Å². The van der Waals surface area contributed by atoms with Crippen molar-refractivity contribution in [1.82, 2.24) is 0 Å². The minimum absolute atomic E-state index is 0.0545. The molecule has 0 aromatic heterocycles. The highest BCUT2D eigenvalue weighted by atomic mass is 28.3. The highest BCUT2D eigenvalue weighted by Gasteiger charge is 2.42. The molecule has 0 radical (unpaired) electrons. The Morgan fingerprint density at radius 1 is 0.750 bits per heavy atom. The van der Waals surface area contributed by atoms with Gasteiger partial charge in [0.1, 0.15) is 8.07 Å². The summed E-state index contributed by atoms with van der Waals surface area (Å²) in [6, 6.07) is 3.65. The third kappa shape index (κ3) is 5.60.